The molecule has 0 radical (unpaired) electrons. The highest BCUT2D eigenvalue weighted by Gasteiger charge is 2.44. The Bertz CT molecular complexity index is 1010. The first-order valence-electron chi connectivity index (χ1n) is 11.5. The summed E-state index contributed by atoms with van der Waals surface area (Å²) < 4.78 is 11.1. The van der Waals surface area contributed by atoms with Crippen LogP contribution in [0.2, 0.25) is 0 Å². The highest BCUT2D eigenvalue weighted by atomic mass is 16.5. The monoisotopic (exact) mass is 450 g/mol. The number of Topliss-reactive ketones (excluding diaryl/α,β-unsaturated/α-hetero) is 1. The molecule has 2 aromatic rings. The molecule has 0 spiro atoms. The molecule has 174 valence electrons. The van der Waals surface area contributed by atoms with Gasteiger partial charge < -0.3 is 24.4 Å². The second kappa shape index (κ2) is 10.2. The fourth-order valence-electron chi connectivity index (χ4n) is 4.38. The number of carbonyl (C=O) groups excluding carboxylic acids is 2. The van der Waals surface area contributed by atoms with Crippen molar-refractivity contribution in [3.05, 3.63) is 71.3 Å². The van der Waals surface area contributed by atoms with Crippen LogP contribution < -0.4 is 14.7 Å². The maximum Gasteiger partial charge on any atom is 0.295 e. The Hall–Kier alpha value is -3.16. The number of quaternary nitrogens is 1. The van der Waals surface area contributed by atoms with Gasteiger partial charge in [-0.2, -0.15) is 0 Å². The minimum Gasteiger partial charge on any atom is -0.872 e. The number of ketones is 1. The number of likely N-dealkylation sites (tertiary alicyclic amines) is 1. The number of amides is 1. The van der Waals surface area contributed by atoms with Crippen molar-refractivity contribution in [1.29, 1.82) is 0 Å². The first-order chi connectivity index (χ1) is 16.0. The highest BCUT2D eigenvalue weighted by Crippen LogP contribution is 2.38. The van der Waals surface area contributed by atoms with E-state index < -0.39 is 23.5 Å². The van der Waals surface area contributed by atoms with Crippen LogP contribution in [0.4, 0.5) is 0 Å². The van der Waals surface area contributed by atoms with Gasteiger partial charge in [0, 0.05) is 5.57 Å². The van der Waals surface area contributed by atoms with Crippen molar-refractivity contribution in [3.8, 4) is 5.75 Å². The third-order valence-corrected chi connectivity index (χ3v) is 6.04. The topological polar surface area (TPSA) is 83.3 Å². The normalized spacial score (nSPS) is 21.1. The zero-order valence-electron chi connectivity index (χ0n) is 19.1. The summed E-state index contributed by atoms with van der Waals surface area (Å²) in [5.41, 5.74) is 1.14. The minimum absolute atomic E-state index is 0.0135. The molecule has 2 fully saturated rings. The lowest BCUT2D eigenvalue weighted by atomic mass is 9.95. The van der Waals surface area contributed by atoms with E-state index in [1.54, 1.807) is 29.2 Å². The molecule has 1 amide bonds. The molecule has 2 aliphatic rings. The fraction of sp³-hybridized carbons (Fsp3) is 0.385. The van der Waals surface area contributed by atoms with E-state index in [2.05, 4.69) is 0 Å². The van der Waals surface area contributed by atoms with Crippen LogP contribution in [0.15, 0.2) is 60.2 Å². The minimum atomic E-state index is -0.715. The lowest BCUT2D eigenvalue weighted by molar-refractivity contribution is -0.907. The van der Waals surface area contributed by atoms with E-state index in [9.17, 15) is 14.7 Å². The van der Waals surface area contributed by atoms with Crippen LogP contribution in [-0.4, -0.2) is 62.1 Å². The summed E-state index contributed by atoms with van der Waals surface area (Å²) in [7, 11) is 0. The van der Waals surface area contributed by atoms with Crippen LogP contribution in [0.5, 0.6) is 5.75 Å². The van der Waals surface area contributed by atoms with E-state index >= 15 is 0 Å². The second-order valence-electron chi connectivity index (χ2n) is 8.69. The molecule has 1 atom stereocenters. The summed E-state index contributed by atoms with van der Waals surface area (Å²) in [5.74, 6) is -1.09. The maximum absolute atomic E-state index is 13.5. The first-order valence-corrected chi connectivity index (χ1v) is 11.5. The van der Waals surface area contributed by atoms with Gasteiger partial charge in [-0.1, -0.05) is 48.2 Å². The molecule has 2 aliphatic heterocycles. The van der Waals surface area contributed by atoms with E-state index in [0.29, 0.717) is 37.6 Å². The van der Waals surface area contributed by atoms with Crippen LogP contribution in [0.1, 0.15) is 31.0 Å². The van der Waals surface area contributed by atoms with Crippen LogP contribution in [0, 0.1) is 0 Å². The molecule has 0 saturated carbocycles. The Morgan fingerprint density at radius 2 is 1.76 bits per heavy atom. The molecule has 33 heavy (non-hydrogen) atoms. The van der Waals surface area contributed by atoms with Gasteiger partial charge in [-0.3, -0.25) is 9.59 Å². The zero-order chi connectivity index (χ0) is 23.4. The van der Waals surface area contributed by atoms with E-state index in [0.717, 1.165) is 18.7 Å². The summed E-state index contributed by atoms with van der Waals surface area (Å²) >= 11 is 0. The molecular formula is C26H30N2O5. The van der Waals surface area contributed by atoms with Gasteiger partial charge in [-0.25, -0.2) is 0 Å². The van der Waals surface area contributed by atoms with Gasteiger partial charge in [-0.15, -0.1) is 0 Å². The number of nitrogens with zero attached hydrogens (tertiary/aromatic N) is 1. The summed E-state index contributed by atoms with van der Waals surface area (Å²) in [6.45, 7) is 8.07. The number of nitrogens with one attached hydrogen (secondary N) is 1. The molecule has 1 N–H and O–H groups in total. The Morgan fingerprint density at radius 3 is 2.39 bits per heavy atom. The molecule has 7 nitrogen and oxygen atoms in total. The van der Waals surface area contributed by atoms with Gasteiger partial charge in [0.15, 0.2) is 0 Å². The maximum atomic E-state index is 13.5. The fourth-order valence-corrected chi connectivity index (χ4v) is 4.38. The summed E-state index contributed by atoms with van der Waals surface area (Å²) in [6, 6.07) is 15.3. The summed E-state index contributed by atoms with van der Waals surface area (Å²) in [5, 5.41) is 13.5. The van der Waals surface area contributed by atoms with Crippen molar-refractivity contribution >= 4 is 17.4 Å². The third-order valence-electron chi connectivity index (χ3n) is 6.04. The van der Waals surface area contributed by atoms with E-state index in [1.165, 1.54) is 4.90 Å². The average molecular weight is 451 g/mol. The smallest absolute Gasteiger partial charge is 0.295 e. The molecule has 0 aromatic heterocycles. The number of morpholine rings is 1. The zero-order valence-corrected chi connectivity index (χ0v) is 19.1. The van der Waals surface area contributed by atoms with Crippen molar-refractivity contribution < 1.29 is 29.1 Å². The number of hydrogen-bond acceptors (Lipinski definition) is 5. The Labute approximate surface area is 194 Å². The molecule has 0 bridgehead atoms. The third kappa shape index (κ3) is 5.10. The Balaban J connectivity index is 1.67. The molecule has 2 heterocycles. The van der Waals surface area contributed by atoms with Crippen molar-refractivity contribution in [2.45, 2.75) is 26.0 Å². The first kappa shape index (κ1) is 23.0. The van der Waals surface area contributed by atoms with Gasteiger partial charge in [-0.05, 0) is 37.1 Å². The molecule has 1 unspecified atom stereocenters. The SMILES string of the molecule is CC(C)Oc1ccc(/C([O-])=C2\C(=O)C(=O)N(CC[NH+]3CCOCC3)C2c2ccccc2)cc1. The van der Waals surface area contributed by atoms with Gasteiger partial charge >= 0.3 is 0 Å². The molecule has 0 aliphatic carbocycles. The molecular weight excluding hydrogens is 420 g/mol. The average Bonchev–Trinajstić information content (AvgIpc) is 3.08. The predicted molar refractivity (Wildman–Crippen MR) is 121 cm³/mol. The lowest BCUT2D eigenvalue weighted by Gasteiger charge is -2.30. The van der Waals surface area contributed by atoms with Crippen LogP contribution in [-0.2, 0) is 14.3 Å². The van der Waals surface area contributed by atoms with Crippen LogP contribution in [0.25, 0.3) is 5.76 Å². The molecule has 4 rings (SSSR count). The van der Waals surface area contributed by atoms with Crippen molar-refractivity contribution in [2.24, 2.45) is 0 Å². The number of carbonyl (C=O) groups is 2. The van der Waals surface area contributed by atoms with Gasteiger partial charge in [0.25, 0.3) is 5.91 Å². The summed E-state index contributed by atoms with van der Waals surface area (Å²) in [4.78, 5) is 29.0. The van der Waals surface area contributed by atoms with E-state index in [1.807, 2.05) is 44.2 Å². The predicted octanol–water partition coefficient (Wildman–Crippen LogP) is 0.613. The van der Waals surface area contributed by atoms with Crippen molar-refractivity contribution in [1.82, 2.24) is 4.90 Å². The van der Waals surface area contributed by atoms with Crippen molar-refractivity contribution in [3.63, 3.8) is 0 Å². The number of rotatable bonds is 7. The Kier molecular flexibility index (Phi) is 7.11. The van der Waals surface area contributed by atoms with Gasteiger partial charge in [0.2, 0.25) is 5.78 Å². The highest BCUT2D eigenvalue weighted by molar-refractivity contribution is 6.46. The standard InChI is InChI=1S/C26H30N2O5/c1-18(2)33-21-10-8-20(9-11-21)24(29)22-23(19-6-4-3-5-7-19)28(26(31)25(22)30)13-12-27-14-16-32-17-15-27/h3-11,18,23,29H,12-17H2,1-2H3/b24-22+. The van der Waals surface area contributed by atoms with E-state index in [-0.39, 0.29) is 11.7 Å². The quantitative estimate of drug-likeness (QED) is 0.380. The molecule has 2 aromatic carbocycles. The van der Waals surface area contributed by atoms with Crippen LogP contribution >= 0.6 is 0 Å². The number of benzene rings is 2. The van der Waals surface area contributed by atoms with E-state index in [4.69, 9.17) is 9.47 Å². The second-order valence-corrected chi connectivity index (χ2v) is 8.69. The lowest BCUT2D eigenvalue weighted by Crippen LogP contribution is -3.14. The number of hydrogen-bond donors (Lipinski definition) is 1. The Morgan fingerprint density at radius 1 is 1.09 bits per heavy atom. The van der Waals surface area contributed by atoms with Crippen molar-refractivity contribution in [2.75, 3.05) is 39.4 Å². The summed E-state index contributed by atoms with van der Waals surface area (Å²) in [6.07, 6.45) is 0.0135. The largest absolute Gasteiger partial charge is 0.872 e. The van der Waals surface area contributed by atoms with Gasteiger partial charge in [0.05, 0.1) is 38.4 Å². The van der Waals surface area contributed by atoms with Crippen LogP contribution in [0.3, 0.4) is 0 Å². The van der Waals surface area contributed by atoms with Gasteiger partial charge in [0.1, 0.15) is 18.8 Å². The molecule has 7 heteroatoms. The number of ether oxygens (including phenoxy) is 2. The molecule has 2 saturated heterocycles.